The number of nitrogens with zero attached hydrogens (tertiary/aromatic N) is 1. The highest BCUT2D eigenvalue weighted by atomic mass is 31.2. The van der Waals surface area contributed by atoms with Gasteiger partial charge in [-0.15, -0.1) is 0 Å². The Bertz CT molecular complexity index is 232. The van der Waals surface area contributed by atoms with Crippen LogP contribution in [0.1, 0.15) is 6.42 Å². The number of phosphoric ester groups is 1. The number of hydrogen-bond donors (Lipinski definition) is 2. The summed E-state index contributed by atoms with van der Waals surface area (Å²) in [5, 5.41) is 10.3. The largest absolute Gasteiger partial charge is 0.471 e. The summed E-state index contributed by atoms with van der Waals surface area (Å²) in [5.41, 5.74) is 0. The number of hydrogen-bond acceptors (Lipinski definition) is 4. The van der Waals surface area contributed by atoms with Crippen LogP contribution in [-0.4, -0.2) is 53.8 Å². The van der Waals surface area contributed by atoms with Crippen LogP contribution in [0.3, 0.4) is 0 Å². The van der Waals surface area contributed by atoms with Crippen molar-refractivity contribution in [1.29, 1.82) is 0 Å². The second-order valence-corrected chi connectivity index (χ2v) is 4.45. The second-order valence-electron chi connectivity index (χ2n) is 3.25. The third-order valence-corrected chi connectivity index (χ3v) is 2.50. The number of ether oxygens (including phenoxy) is 1. The van der Waals surface area contributed by atoms with E-state index in [0.717, 1.165) is 0 Å². The summed E-state index contributed by atoms with van der Waals surface area (Å²) in [6, 6.07) is 0. The summed E-state index contributed by atoms with van der Waals surface area (Å²) in [4.78, 5) is 19.0. The maximum absolute atomic E-state index is 10.5. The van der Waals surface area contributed by atoms with Crippen molar-refractivity contribution in [2.45, 2.75) is 12.7 Å². The van der Waals surface area contributed by atoms with Crippen molar-refractivity contribution in [1.82, 2.24) is 4.90 Å². The van der Waals surface area contributed by atoms with Gasteiger partial charge in [-0.3, -0.25) is 9.42 Å². The Morgan fingerprint density at radius 2 is 2.27 bits per heavy atom. The zero-order chi connectivity index (χ0) is 11.3. The first kappa shape index (κ1) is 13.1. The molecule has 0 aromatic carbocycles. The summed E-state index contributed by atoms with van der Waals surface area (Å²) in [6.45, 7) is 1.74. The van der Waals surface area contributed by atoms with Gasteiger partial charge in [-0.2, -0.15) is 0 Å². The minimum atomic E-state index is -4.50. The van der Waals surface area contributed by atoms with Crippen LogP contribution in [0.15, 0.2) is 0 Å². The Morgan fingerprint density at radius 3 is 2.87 bits per heavy atom. The maximum Gasteiger partial charge on any atom is 0.471 e. The molecule has 0 amide bonds. The van der Waals surface area contributed by atoms with Crippen LogP contribution in [-0.2, 0) is 18.9 Å². The molecule has 0 aliphatic carbocycles. The van der Waals surface area contributed by atoms with Gasteiger partial charge in [0.1, 0.15) is 0 Å². The van der Waals surface area contributed by atoms with E-state index < -0.39 is 14.1 Å². The van der Waals surface area contributed by atoms with E-state index in [1.807, 2.05) is 4.90 Å². The third kappa shape index (κ3) is 5.58. The van der Waals surface area contributed by atoms with Gasteiger partial charge >= 0.3 is 7.82 Å². The van der Waals surface area contributed by atoms with Crippen molar-refractivity contribution in [3.05, 3.63) is 0 Å². The molecular formula is C7H15NO6P. The van der Waals surface area contributed by atoms with Gasteiger partial charge in [-0.05, 0) is 6.42 Å². The van der Waals surface area contributed by atoms with Gasteiger partial charge in [-0.25, -0.2) is 9.67 Å². The molecule has 0 saturated carbocycles. The molecule has 1 aliphatic rings. The third-order valence-electron chi connectivity index (χ3n) is 1.99. The fourth-order valence-corrected chi connectivity index (χ4v) is 1.81. The molecule has 1 heterocycles. The molecular weight excluding hydrogens is 225 g/mol. The molecule has 1 unspecified atom stereocenters. The van der Waals surface area contributed by atoms with Gasteiger partial charge in [0.05, 0.1) is 19.8 Å². The van der Waals surface area contributed by atoms with E-state index in [0.29, 0.717) is 26.1 Å². The number of rotatable bonds is 5. The molecule has 1 radical (unpaired) electrons. The molecule has 1 rings (SSSR count). The molecule has 0 aromatic heterocycles. The molecule has 1 aliphatic heterocycles. The molecule has 2 N–H and O–H groups in total. The van der Waals surface area contributed by atoms with Crippen LogP contribution in [0.5, 0.6) is 0 Å². The predicted octanol–water partition coefficient (Wildman–Crippen LogP) is -0.425. The van der Waals surface area contributed by atoms with E-state index in [9.17, 15) is 9.67 Å². The summed E-state index contributed by atoms with van der Waals surface area (Å²) in [5.74, 6) is 0. The quantitative estimate of drug-likeness (QED) is 0.633. The van der Waals surface area contributed by atoms with Gasteiger partial charge in [0.25, 0.3) is 0 Å². The fourth-order valence-electron chi connectivity index (χ4n) is 1.38. The second kappa shape index (κ2) is 5.91. The minimum absolute atomic E-state index is 0.151. The van der Waals surface area contributed by atoms with Crippen LogP contribution in [0.2, 0.25) is 0 Å². The van der Waals surface area contributed by atoms with Crippen molar-refractivity contribution in [3.63, 3.8) is 0 Å². The molecule has 7 nitrogen and oxygen atoms in total. The number of morpholine rings is 1. The van der Waals surface area contributed by atoms with Crippen LogP contribution < -0.4 is 0 Å². The molecule has 1 saturated heterocycles. The smallest absolute Gasteiger partial charge is 0.349 e. The van der Waals surface area contributed by atoms with Crippen molar-refractivity contribution < 1.29 is 28.7 Å². The highest BCUT2D eigenvalue weighted by Crippen LogP contribution is 2.38. The molecule has 89 valence electrons. The Labute approximate surface area is 87.8 Å². The highest BCUT2D eigenvalue weighted by Gasteiger charge is 2.27. The van der Waals surface area contributed by atoms with Gasteiger partial charge in [0.15, 0.2) is 6.29 Å². The van der Waals surface area contributed by atoms with Crippen LogP contribution in [0.4, 0.5) is 0 Å². The summed E-state index contributed by atoms with van der Waals surface area (Å²) in [6.07, 6.45) is -0.394. The maximum atomic E-state index is 10.5. The van der Waals surface area contributed by atoms with Crippen molar-refractivity contribution >= 4 is 7.82 Å². The predicted molar refractivity (Wildman–Crippen MR) is 49.5 cm³/mol. The Balaban J connectivity index is 2.32. The monoisotopic (exact) mass is 240 g/mol. The summed E-state index contributed by atoms with van der Waals surface area (Å²) >= 11 is 0. The topological polar surface area (TPSA) is 99.1 Å². The van der Waals surface area contributed by atoms with Crippen molar-refractivity contribution in [3.8, 4) is 0 Å². The average molecular weight is 240 g/mol. The molecule has 0 bridgehead atoms. The van der Waals surface area contributed by atoms with Crippen LogP contribution >= 0.6 is 7.82 Å². The summed E-state index contributed by atoms with van der Waals surface area (Å²) < 4.78 is 20.0. The lowest BCUT2D eigenvalue weighted by atomic mass is 10.3. The van der Waals surface area contributed by atoms with Gasteiger partial charge in [-0.1, -0.05) is 0 Å². The first-order chi connectivity index (χ1) is 7.01. The Hall–Kier alpha value is -0.0100. The first-order valence-electron chi connectivity index (χ1n) is 4.67. The normalized spacial score (nSPS) is 24.3. The van der Waals surface area contributed by atoms with E-state index in [2.05, 4.69) is 4.52 Å². The van der Waals surface area contributed by atoms with Crippen molar-refractivity contribution in [2.75, 3.05) is 32.8 Å². The lowest BCUT2D eigenvalue weighted by Gasteiger charge is -2.32. The Morgan fingerprint density at radius 1 is 1.53 bits per heavy atom. The lowest BCUT2D eigenvalue weighted by molar-refractivity contribution is -0.139. The minimum Gasteiger partial charge on any atom is -0.349 e. The SMILES string of the molecule is [O]CCCN1CCOC(OP(=O)(O)O)C1. The van der Waals surface area contributed by atoms with Gasteiger partial charge in [0, 0.05) is 13.1 Å². The fraction of sp³-hybridized carbons (Fsp3) is 1.00. The molecule has 15 heavy (non-hydrogen) atoms. The average Bonchev–Trinajstić information content (AvgIpc) is 2.12. The van der Waals surface area contributed by atoms with E-state index in [1.165, 1.54) is 0 Å². The van der Waals surface area contributed by atoms with E-state index in [4.69, 9.17) is 14.5 Å². The number of phosphoric acid groups is 1. The van der Waals surface area contributed by atoms with Crippen LogP contribution in [0.25, 0.3) is 0 Å². The van der Waals surface area contributed by atoms with E-state index >= 15 is 0 Å². The van der Waals surface area contributed by atoms with Crippen LogP contribution in [0, 0.1) is 0 Å². The molecule has 8 heteroatoms. The zero-order valence-electron chi connectivity index (χ0n) is 8.24. The summed E-state index contributed by atoms with van der Waals surface area (Å²) in [7, 11) is -4.50. The molecule has 1 atom stereocenters. The first-order valence-corrected chi connectivity index (χ1v) is 6.20. The van der Waals surface area contributed by atoms with Crippen molar-refractivity contribution in [2.24, 2.45) is 0 Å². The van der Waals surface area contributed by atoms with E-state index in [-0.39, 0.29) is 13.2 Å². The standard InChI is InChI=1S/C7H15NO6P/c9-4-1-2-8-3-5-13-7(6-8)14-15(10,11)12/h7H,1-6H2,(H2,10,11,12). The Kier molecular flexibility index (Phi) is 5.14. The van der Waals surface area contributed by atoms with E-state index in [1.54, 1.807) is 0 Å². The van der Waals surface area contributed by atoms with Gasteiger partial charge < -0.3 is 14.5 Å². The molecule has 1 fully saturated rings. The molecule has 0 spiro atoms. The lowest BCUT2D eigenvalue weighted by Crippen LogP contribution is -2.43. The zero-order valence-corrected chi connectivity index (χ0v) is 9.14. The highest BCUT2D eigenvalue weighted by molar-refractivity contribution is 7.46. The molecule has 0 aromatic rings. The van der Waals surface area contributed by atoms with Gasteiger partial charge in [0.2, 0.25) is 0 Å².